The molecule has 1 saturated carbocycles. The van der Waals surface area contributed by atoms with Crippen LogP contribution in [0.3, 0.4) is 0 Å². The minimum absolute atomic E-state index is 0.139. The second-order valence-corrected chi connectivity index (χ2v) is 8.32. The van der Waals surface area contributed by atoms with Gasteiger partial charge in [0, 0.05) is 38.6 Å². The zero-order valence-corrected chi connectivity index (χ0v) is 16.1. The lowest BCUT2D eigenvalue weighted by molar-refractivity contribution is -0.133. The third kappa shape index (κ3) is 4.05. The Balaban J connectivity index is 1.56. The number of H-pyrrole nitrogens is 1. The van der Waals surface area contributed by atoms with Gasteiger partial charge >= 0.3 is 0 Å². The number of carbonyl (C=O) groups excluding carboxylic acids is 1. The van der Waals surface area contributed by atoms with Gasteiger partial charge < -0.3 is 9.88 Å². The first-order valence-electron chi connectivity index (χ1n) is 10.0. The first-order chi connectivity index (χ1) is 13.0. The molecule has 1 aliphatic heterocycles. The standard InChI is InChI=1S/C21H28N4O2/c1-14(2)19-13-24(10-9-20(26)25(19)11-15-7-8-15)12-18-21(27)23-17-6-4-3-5-16(17)22-18/h3-6,14-15,19H,7-13H2,1-2H3,(H,23,27)/t19-/m0/s1. The van der Waals surface area contributed by atoms with Gasteiger partial charge in [-0.2, -0.15) is 0 Å². The van der Waals surface area contributed by atoms with Crippen molar-refractivity contribution in [2.45, 2.75) is 45.7 Å². The quantitative estimate of drug-likeness (QED) is 0.880. The highest BCUT2D eigenvalue weighted by atomic mass is 16.2. The van der Waals surface area contributed by atoms with Gasteiger partial charge in [-0.1, -0.05) is 26.0 Å². The number of nitrogens with one attached hydrogen (secondary N) is 1. The molecule has 1 aromatic carbocycles. The zero-order valence-electron chi connectivity index (χ0n) is 16.1. The van der Waals surface area contributed by atoms with Crippen molar-refractivity contribution in [2.24, 2.45) is 11.8 Å². The average Bonchev–Trinajstić information content (AvgIpc) is 3.47. The van der Waals surface area contributed by atoms with Crippen molar-refractivity contribution in [1.82, 2.24) is 19.8 Å². The van der Waals surface area contributed by atoms with Crippen LogP contribution in [0.2, 0.25) is 0 Å². The Morgan fingerprint density at radius 3 is 2.74 bits per heavy atom. The first-order valence-corrected chi connectivity index (χ1v) is 10.0. The van der Waals surface area contributed by atoms with Crippen LogP contribution in [0.15, 0.2) is 29.1 Å². The molecule has 6 heteroatoms. The summed E-state index contributed by atoms with van der Waals surface area (Å²) in [5.41, 5.74) is 1.95. The summed E-state index contributed by atoms with van der Waals surface area (Å²) in [5.74, 6) is 1.33. The van der Waals surface area contributed by atoms with E-state index in [1.165, 1.54) is 12.8 Å². The second-order valence-electron chi connectivity index (χ2n) is 8.32. The molecule has 27 heavy (non-hydrogen) atoms. The van der Waals surface area contributed by atoms with Crippen LogP contribution in [0.4, 0.5) is 0 Å². The van der Waals surface area contributed by atoms with E-state index in [0.29, 0.717) is 37.0 Å². The van der Waals surface area contributed by atoms with Crippen molar-refractivity contribution in [3.63, 3.8) is 0 Å². The fourth-order valence-corrected chi connectivity index (χ4v) is 3.95. The smallest absolute Gasteiger partial charge is 0.271 e. The monoisotopic (exact) mass is 368 g/mol. The predicted octanol–water partition coefficient (Wildman–Crippen LogP) is 2.39. The second kappa shape index (κ2) is 7.43. The minimum atomic E-state index is -0.139. The van der Waals surface area contributed by atoms with Gasteiger partial charge in [0.25, 0.3) is 5.56 Å². The molecule has 2 aliphatic rings. The summed E-state index contributed by atoms with van der Waals surface area (Å²) < 4.78 is 0. The molecular formula is C21H28N4O2. The van der Waals surface area contributed by atoms with Gasteiger partial charge in [-0.3, -0.25) is 14.5 Å². The van der Waals surface area contributed by atoms with Gasteiger partial charge in [-0.15, -0.1) is 0 Å². The van der Waals surface area contributed by atoms with Crippen molar-refractivity contribution in [3.05, 3.63) is 40.3 Å². The van der Waals surface area contributed by atoms with E-state index in [-0.39, 0.29) is 17.5 Å². The third-order valence-corrected chi connectivity index (χ3v) is 5.77. The average molecular weight is 368 g/mol. The molecule has 1 N–H and O–H groups in total. The Bertz CT molecular complexity index is 887. The maximum Gasteiger partial charge on any atom is 0.271 e. The Morgan fingerprint density at radius 2 is 2.00 bits per heavy atom. The van der Waals surface area contributed by atoms with E-state index in [9.17, 15) is 9.59 Å². The fourth-order valence-electron chi connectivity index (χ4n) is 3.95. The highest BCUT2D eigenvalue weighted by Gasteiger charge is 2.35. The zero-order chi connectivity index (χ0) is 19.0. The van der Waals surface area contributed by atoms with Gasteiger partial charge in [0.1, 0.15) is 5.69 Å². The molecule has 2 aromatic rings. The molecule has 2 heterocycles. The highest BCUT2D eigenvalue weighted by Crippen LogP contribution is 2.32. The number of amides is 1. The van der Waals surface area contributed by atoms with Gasteiger partial charge in [0.2, 0.25) is 5.91 Å². The van der Waals surface area contributed by atoms with Crippen LogP contribution in [0, 0.1) is 11.8 Å². The summed E-state index contributed by atoms with van der Waals surface area (Å²) in [6, 6.07) is 7.78. The molecule has 144 valence electrons. The van der Waals surface area contributed by atoms with E-state index in [1.54, 1.807) is 0 Å². The number of hydrogen-bond acceptors (Lipinski definition) is 4. The molecule has 1 aromatic heterocycles. The van der Waals surface area contributed by atoms with Crippen molar-refractivity contribution in [2.75, 3.05) is 19.6 Å². The number of hydrogen-bond donors (Lipinski definition) is 1. The van der Waals surface area contributed by atoms with E-state index in [1.807, 2.05) is 24.3 Å². The highest BCUT2D eigenvalue weighted by molar-refractivity contribution is 5.77. The van der Waals surface area contributed by atoms with Crippen molar-refractivity contribution >= 4 is 16.9 Å². The Labute approximate surface area is 159 Å². The molecule has 1 aliphatic carbocycles. The number of para-hydroxylation sites is 2. The summed E-state index contributed by atoms with van der Waals surface area (Å²) >= 11 is 0. The Morgan fingerprint density at radius 1 is 1.22 bits per heavy atom. The number of nitrogens with zero attached hydrogens (tertiary/aromatic N) is 3. The molecule has 1 atom stereocenters. The van der Waals surface area contributed by atoms with Crippen molar-refractivity contribution < 1.29 is 4.79 Å². The lowest BCUT2D eigenvalue weighted by Gasteiger charge is -2.34. The topological polar surface area (TPSA) is 69.3 Å². The maximum absolute atomic E-state index is 12.7. The van der Waals surface area contributed by atoms with E-state index < -0.39 is 0 Å². The van der Waals surface area contributed by atoms with Crippen LogP contribution in [-0.2, 0) is 11.3 Å². The van der Waals surface area contributed by atoms with Crippen molar-refractivity contribution in [3.8, 4) is 0 Å². The number of aromatic amines is 1. The minimum Gasteiger partial charge on any atom is -0.338 e. The lowest BCUT2D eigenvalue weighted by Crippen LogP contribution is -2.47. The molecule has 4 rings (SSSR count). The van der Waals surface area contributed by atoms with Crippen LogP contribution in [0.1, 0.15) is 38.8 Å². The molecule has 2 fully saturated rings. The molecule has 0 radical (unpaired) electrons. The number of aromatic nitrogens is 2. The van der Waals surface area contributed by atoms with Gasteiger partial charge in [0.15, 0.2) is 0 Å². The Kier molecular flexibility index (Phi) is 5.00. The van der Waals surface area contributed by atoms with Crippen LogP contribution >= 0.6 is 0 Å². The van der Waals surface area contributed by atoms with Crippen LogP contribution < -0.4 is 5.56 Å². The van der Waals surface area contributed by atoms with Gasteiger partial charge in [-0.25, -0.2) is 4.98 Å². The molecule has 6 nitrogen and oxygen atoms in total. The predicted molar refractivity (Wildman–Crippen MR) is 105 cm³/mol. The molecule has 1 saturated heterocycles. The van der Waals surface area contributed by atoms with E-state index in [4.69, 9.17) is 0 Å². The Hall–Kier alpha value is -2.21. The van der Waals surface area contributed by atoms with Gasteiger partial charge in [-0.05, 0) is 36.8 Å². The number of benzene rings is 1. The van der Waals surface area contributed by atoms with Crippen LogP contribution in [-0.4, -0.2) is 51.4 Å². The summed E-state index contributed by atoms with van der Waals surface area (Å²) in [7, 11) is 0. The SMILES string of the molecule is CC(C)[C@@H]1CN(Cc2nc3ccccc3[nH]c2=O)CCC(=O)N1CC1CC1. The van der Waals surface area contributed by atoms with E-state index >= 15 is 0 Å². The molecule has 0 bridgehead atoms. The normalized spacial score (nSPS) is 21.8. The van der Waals surface area contributed by atoms with Gasteiger partial charge in [0.05, 0.1) is 11.0 Å². The number of carbonyl (C=O) groups is 1. The van der Waals surface area contributed by atoms with Crippen LogP contribution in [0.5, 0.6) is 0 Å². The van der Waals surface area contributed by atoms with Crippen LogP contribution in [0.25, 0.3) is 11.0 Å². The molecule has 0 unspecified atom stereocenters. The summed E-state index contributed by atoms with van der Waals surface area (Å²) in [6.45, 7) is 7.21. The first kappa shape index (κ1) is 18.2. The maximum atomic E-state index is 12.7. The summed E-state index contributed by atoms with van der Waals surface area (Å²) in [4.78, 5) is 37.1. The molecule has 0 spiro atoms. The number of rotatable bonds is 5. The third-order valence-electron chi connectivity index (χ3n) is 5.77. The fraction of sp³-hybridized carbons (Fsp3) is 0.571. The largest absolute Gasteiger partial charge is 0.338 e. The van der Waals surface area contributed by atoms with Crippen molar-refractivity contribution in [1.29, 1.82) is 0 Å². The number of fused-ring (bicyclic) bond motifs is 1. The summed E-state index contributed by atoms with van der Waals surface area (Å²) in [5, 5.41) is 0. The van der Waals surface area contributed by atoms with E-state index in [2.05, 4.69) is 33.6 Å². The lowest BCUT2D eigenvalue weighted by atomic mass is 10.0. The van der Waals surface area contributed by atoms with E-state index in [0.717, 1.165) is 24.1 Å². The summed E-state index contributed by atoms with van der Waals surface area (Å²) in [6.07, 6.45) is 3.00. The molecular weight excluding hydrogens is 340 g/mol. The molecule has 1 amide bonds.